The first-order chi connectivity index (χ1) is 9.62. The van der Waals surface area contributed by atoms with Crippen LogP contribution in [0, 0.1) is 0 Å². The summed E-state index contributed by atoms with van der Waals surface area (Å²) in [6.07, 6.45) is 3.47. The van der Waals surface area contributed by atoms with Crippen molar-refractivity contribution in [3.05, 3.63) is 60.2 Å². The Bertz CT molecular complexity index is 681. The van der Waals surface area contributed by atoms with E-state index in [1.165, 1.54) is 18.3 Å². The molecule has 0 fully saturated rings. The average Bonchev–Trinajstić information content (AvgIpc) is 2.49. The first-order valence-electron chi connectivity index (χ1n) is 5.86. The molecule has 2 rings (SSSR count). The van der Waals surface area contributed by atoms with Crippen LogP contribution < -0.4 is 4.83 Å². The fourth-order valence-electron chi connectivity index (χ4n) is 1.51. The van der Waals surface area contributed by atoms with Crippen molar-refractivity contribution in [1.29, 1.82) is 0 Å². The minimum Gasteiger partial charge on any atom is -0.200 e. The van der Waals surface area contributed by atoms with E-state index in [0.717, 1.165) is 10.5 Å². The number of hydrazone groups is 1. The molecule has 0 saturated carbocycles. The Morgan fingerprint density at radius 3 is 2.30 bits per heavy atom. The molecule has 2 aromatic carbocycles. The van der Waals surface area contributed by atoms with E-state index in [4.69, 9.17) is 0 Å². The maximum absolute atomic E-state index is 11.9. The second-order valence-electron chi connectivity index (χ2n) is 3.94. The number of rotatable bonds is 5. The molecule has 0 heterocycles. The maximum Gasteiger partial charge on any atom is 0.276 e. The standard InChI is InChI=1S/C14H14N2O2S2/c1-19-13-9-7-12(8-10-13)11-15-16-20(17,18)14-5-3-2-4-6-14/h2-11,16H,1H3/b15-11+. The first kappa shape index (κ1) is 14.6. The largest absolute Gasteiger partial charge is 0.276 e. The van der Waals surface area contributed by atoms with Crippen molar-refractivity contribution in [2.24, 2.45) is 5.10 Å². The Kier molecular flexibility index (Phi) is 4.81. The molecule has 0 radical (unpaired) electrons. The SMILES string of the molecule is CSc1ccc(/C=N/NS(=O)(=O)c2ccccc2)cc1. The van der Waals surface area contributed by atoms with Gasteiger partial charge in [0, 0.05) is 4.90 Å². The molecule has 4 nitrogen and oxygen atoms in total. The lowest BCUT2D eigenvalue weighted by Gasteiger charge is -2.02. The van der Waals surface area contributed by atoms with Gasteiger partial charge in [0.25, 0.3) is 10.0 Å². The van der Waals surface area contributed by atoms with Gasteiger partial charge in [-0.15, -0.1) is 11.8 Å². The average molecular weight is 306 g/mol. The Balaban J connectivity index is 2.05. The first-order valence-corrected chi connectivity index (χ1v) is 8.56. The molecule has 0 unspecified atom stereocenters. The van der Waals surface area contributed by atoms with Crippen LogP contribution in [-0.2, 0) is 10.0 Å². The molecule has 0 bridgehead atoms. The molecule has 0 aliphatic rings. The molecule has 2 aromatic rings. The van der Waals surface area contributed by atoms with E-state index >= 15 is 0 Å². The van der Waals surface area contributed by atoms with E-state index in [1.807, 2.05) is 30.5 Å². The van der Waals surface area contributed by atoms with E-state index in [-0.39, 0.29) is 4.90 Å². The van der Waals surface area contributed by atoms with Gasteiger partial charge in [-0.3, -0.25) is 0 Å². The third kappa shape index (κ3) is 3.85. The molecule has 0 spiro atoms. The lowest BCUT2D eigenvalue weighted by molar-refractivity contribution is 0.584. The summed E-state index contributed by atoms with van der Waals surface area (Å²) in [5.74, 6) is 0. The minimum absolute atomic E-state index is 0.190. The van der Waals surface area contributed by atoms with E-state index in [0.29, 0.717) is 0 Å². The van der Waals surface area contributed by atoms with Crippen molar-refractivity contribution >= 4 is 28.0 Å². The van der Waals surface area contributed by atoms with Crippen molar-refractivity contribution in [1.82, 2.24) is 4.83 Å². The Morgan fingerprint density at radius 2 is 1.70 bits per heavy atom. The summed E-state index contributed by atoms with van der Waals surface area (Å²) in [5, 5.41) is 3.78. The van der Waals surface area contributed by atoms with E-state index in [9.17, 15) is 8.42 Å². The highest BCUT2D eigenvalue weighted by Gasteiger charge is 2.10. The predicted molar refractivity (Wildman–Crippen MR) is 82.6 cm³/mol. The summed E-state index contributed by atoms with van der Waals surface area (Å²) in [5.41, 5.74) is 0.832. The number of hydrogen-bond acceptors (Lipinski definition) is 4. The fourth-order valence-corrected chi connectivity index (χ4v) is 2.73. The van der Waals surface area contributed by atoms with E-state index in [1.54, 1.807) is 30.0 Å². The topological polar surface area (TPSA) is 58.5 Å². The van der Waals surface area contributed by atoms with Crippen LogP contribution in [0.4, 0.5) is 0 Å². The van der Waals surface area contributed by atoms with Crippen molar-refractivity contribution in [2.75, 3.05) is 6.26 Å². The molecule has 0 atom stereocenters. The number of nitrogens with one attached hydrogen (secondary N) is 1. The van der Waals surface area contributed by atoms with Gasteiger partial charge in [-0.25, -0.2) is 4.83 Å². The summed E-state index contributed by atoms with van der Waals surface area (Å²) in [7, 11) is -3.60. The summed E-state index contributed by atoms with van der Waals surface area (Å²) in [4.78, 5) is 3.52. The van der Waals surface area contributed by atoms with Crippen molar-refractivity contribution in [3.8, 4) is 0 Å². The quantitative estimate of drug-likeness (QED) is 0.525. The Labute approximate surface area is 123 Å². The Morgan fingerprint density at radius 1 is 1.05 bits per heavy atom. The third-order valence-corrected chi connectivity index (χ3v) is 4.54. The Hall–Kier alpha value is -1.79. The van der Waals surface area contributed by atoms with Crippen LogP contribution in [0.1, 0.15) is 5.56 Å². The van der Waals surface area contributed by atoms with Crippen LogP contribution in [0.3, 0.4) is 0 Å². The van der Waals surface area contributed by atoms with Crippen LogP contribution >= 0.6 is 11.8 Å². The lowest BCUT2D eigenvalue weighted by atomic mass is 10.2. The zero-order valence-corrected chi connectivity index (χ0v) is 12.5. The second-order valence-corrected chi connectivity index (χ2v) is 6.48. The molecule has 20 heavy (non-hydrogen) atoms. The van der Waals surface area contributed by atoms with Crippen molar-refractivity contribution in [2.45, 2.75) is 9.79 Å². The zero-order valence-electron chi connectivity index (χ0n) is 10.9. The number of nitrogens with zero attached hydrogens (tertiary/aromatic N) is 1. The lowest BCUT2D eigenvalue weighted by Crippen LogP contribution is -2.18. The van der Waals surface area contributed by atoms with E-state index < -0.39 is 10.0 Å². The van der Waals surface area contributed by atoms with Crippen LogP contribution in [0.15, 0.2) is 69.5 Å². The van der Waals surface area contributed by atoms with Crippen molar-refractivity contribution < 1.29 is 8.42 Å². The van der Waals surface area contributed by atoms with Crippen LogP contribution in [0.2, 0.25) is 0 Å². The monoisotopic (exact) mass is 306 g/mol. The van der Waals surface area contributed by atoms with Crippen LogP contribution in [0.25, 0.3) is 0 Å². The highest BCUT2D eigenvalue weighted by atomic mass is 32.2. The van der Waals surface area contributed by atoms with Gasteiger partial charge in [0.05, 0.1) is 11.1 Å². The minimum atomic E-state index is -3.60. The highest BCUT2D eigenvalue weighted by Crippen LogP contribution is 2.14. The molecule has 0 aromatic heterocycles. The number of benzene rings is 2. The number of thioether (sulfide) groups is 1. The van der Waals surface area contributed by atoms with Crippen LogP contribution in [0.5, 0.6) is 0 Å². The summed E-state index contributed by atoms with van der Waals surface area (Å²) >= 11 is 1.65. The van der Waals surface area contributed by atoms with Crippen LogP contribution in [-0.4, -0.2) is 20.9 Å². The molecule has 0 aliphatic heterocycles. The van der Waals surface area contributed by atoms with Gasteiger partial charge in [-0.1, -0.05) is 30.3 Å². The molecule has 104 valence electrons. The second kappa shape index (κ2) is 6.58. The molecule has 1 N–H and O–H groups in total. The van der Waals surface area contributed by atoms with Gasteiger partial charge >= 0.3 is 0 Å². The summed E-state index contributed by atoms with van der Waals surface area (Å²) < 4.78 is 23.8. The molecular formula is C14H14N2O2S2. The van der Waals surface area contributed by atoms with Gasteiger partial charge in [0.2, 0.25) is 0 Å². The smallest absolute Gasteiger partial charge is 0.200 e. The molecular weight excluding hydrogens is 292 g/mol. The van der Waals surface area contributed by atoms with Gasteiger partial charge < -0.3 is 0 Å². The maximum atomic E-state index is 11.9. The predicted octanol–water partition coefficient (Wildman–Crippen LogP) is 2.72. The van der Waals surface area contributed by atoms with Gasteiger partial charge in [-0.2, -0.15) is 13.5 Å². The van der Waals surface area contributed by atoms with Gasteiger partial charge in [-0.05, 0) is 36.1 Å². The fraction of sp³-hybridized carbons (Fsp3) is 0.0714. The molecule has 0 saturated heterocycles. The zero-order chi connectivity index (χ0) is 14.4. The number of hydrogen-bond donors (Lipinski definition) is 1. The summed E-state index contributed by atoms with van der Waals surface area (Å²) in [6.45, 7) is 0. The number of sulfonamides is 1. The van der Waals surface area contributed by atoms with Gasteiger partial charge in [0.1, 0.15) is 0 Å². The third-order valence-electron chi connectivity index (χ3n) is 2.56. The van der Waals surface area contributed by atoms with Gasteiger partial charge in [0.15, 0.2) is 0 Å². The van der Waals surface area contributed by atoms with Crippen molar-refractivity contribution in [3.63, 3.8) is 0 Å². The molecule has 0 amide bonds. The highest BCUT2D eigenvalue weighted by molar-refractivity contribution is 7.98. The van der Waals surface area contributed by atoms with E-state index in [2.05, 4.69) is 9.93 Å². The summed E-state index contributed by atoms with van der Waals surface area (Å²) in [6, 6.07) is 15.8. The molecule has 0 aliphatic carbocycles. The normalized spacial score (nSPS) is 11.7. The molecule has 6 heteroatoms.